The van der Waals surface area contributed by atoms with Crippen LogP contribution in [0.2, 0.25) is 0 Å². The molecule has 1 aliphatic rings. The lowest BCUT2D eigenvalue weighted by molar-refractivity contribution is -0.134. The van der Waals surface area contributed by atoms with Crippen LogP contribution in [0, 0.1) is 5.92 Å². The third kappa shape index (κ3) is 4.84. The summed E-state index contributed by atoms with van der Waals surface area (Å²) >= 11 is 0. The number of esters is 1. The van der Waals surface area contributed by atoms with Crippen LogP contribution in [0.3, 0.4) is 0 Å². The van der Waals surface area contributed by atoms with E-state index in [1.54, 1.807) is 0 Å². The summed E-state index contributed by atoms with van der Waals surface area (Å²) in [5.74, 6) is 2.12. The molecule has 25 heavy (non-hydrogen) atoms. The normalized spacial score (nSPS) is 20.6. The molecule has 2 heteroatoms. The van der Waals surface area contributed by atoms with Gasteiger partial charge in [-0.2, -0.15) is 0 Å². The first kappa shape index (κ1) is 18.0. The molecular weight excluding hydrogens is 308 g/mol. The van der Waals surface area contributed by atoms with Gasteiger partial charge >= 0.3 is 5.97 Å². The maximum atomic E-state index is 11.9. The van der Waals surface area contributed by atoms with Crippen molar-refractivity contribution in [1.82, 2.24) is 0 Å². The fraction of sp³-hybridized carbons (Fsp3) is 0.522. The van der Waals surface area contributed by atoms with Gasteiger partial charge in [0, 0.05) is 6.42 Å². The van der Waals surface area contributed by atoms with Crippen LogP contribution >= 0.6 is 0 Å². The molecular formula is C23H30O2. The lowest BCUT2D eigenvalue weighted by atomic mass is 9.79. The van der Waals surface area contributed by atoms with Crippen molar-refractivity contribution in [1.29, 1.82) is 0 Å². The van der Waals surface area contributed by atoms with Crippen molar-refractivity contribution in [3.8, 4) is 5.75 Å². The Labute approximate surface area is 151 Å². The van der Waals surface area contributed by atoms with Crippen molar-refractivity contribution in [3.05, 3.63) is 42.0 Å². The van der Waals surface area contributed by atoms with E-state index in [4.69, 9.17) is 4.74 Å². The van der Waals surface area contributed by atoms with Crippen LogP contribution in [0.5, 0.6) is 5.75 Å². The second-order valence-electron chi connectivity index (χ2n) is 7.66. The molecule has 2 nitrogen and oxygen atoms in total. The number of carbonyl (C=O) groups is 1. The second kappa shape index (κ2) is 8.51. The smallest absolute Gasteiger partial charge is 0.311 e. The van der Waals surface area contributed by atoms with Gasteiger partial charge in [-0.05, 0) is 59.6 Å². The van der Waals surface area contributed by atoms with Crippen LogP contribution in [0.15, 0.2) is 36.4 Å². The lowest BCUT2D eigenvalue weighted by Gasteiger charge is -2.26. The maximum absolute atomic E-state index is 11.9. The molecule has 0 N–H and O–H groups in total. The molecule has 0 bridgehead atoms. The van der Waals surface area contributed by atoms with Gasteiger partial charge in [0.25, 0.3) is 0 Å². The van der Waals surface area contributed by atoms with Crippen molar-refractivity contribution >= 4 is 16.7 Å². The Balaban J connectivity index is 1.67. The topological polar surface area (TPSA) is 26.3 Å². The van der Waals surface area contributed by atoms with E-state index in [0.29, 0.717) is 18.1 Å². The molecule has 0 amide bonds. The Morgan fingerprint density at radius 3 is 2.48 bits per heavy atom. The summed E-state index contributed by atoms with van der Waals surface area (Å²) in [5, 5.41) is 2.38. The standard InChI is InChI=1S/C23H30O2/c1-3-4-5-6-23(24)25-22-14-13-20-15-19(11-12-21(20)16-22)18-9-7-17(2)8-10-18/h11-18H,3-10H2,1-2H3/t17-,18-. The highest BCUT2D eigenvalue weighted by atomic mass is 16.5. The Hall–Kier alpha value is -1.83. The number of hydrogen-bond acceptors (Lipinski definition) is 2. The summed E-state index contributed by atoms with van der Waals surface area (Å²) in [7, 11) is 0. The minimum atomic E-state index is -0.124. The highest BCUT2D eigenvalue weighted by Crippen LogP contribution is 2.36. The van der Waals surface area contributed by atoms with Crippen molar-refractivity contribution in [2.45, 2.75) is 71.1 Å². The van der Waals surface area contributed by atoms with Crippen molar-refractivity contribution in [2.24, 2.45) is 5.92 Å². The third-order valence-electron chi connectivity index (χ3n) is 5.54. The zero-order valence-electron chi connectivity index (χ0n) is 15.6. The van der Waals surface area contributed by atoms with E-state index < -0.39 is 0 Å². The summed E-state index contributed by atoms with van der Waals surface area (Å²) in [6.07, 6.45) is 8.91. The zero-order chi connectivity index (χ0) is 17.6. The van der Waals surface area contributed by atoms with Crippen molar-refractivity contribution < 1.29 is 9.53 Å². The van der Waals surface area contributed by atoms with E-state index in [9.17, 15) is 4.79 Å². The van der Waals surface area contributed by atoms with Gasteiger partial charge in [0.15, 0.2) is 0 Å². The molecule has 0 saturated heterocycles. The Morgan fingerprint density at radius 1 is 1.00 bits per heavy atom. The average molecular weight is 338 g/mol. The lowest BCUT2D eigenvalue weighted by Crippen LogP contribution is -2.10. The fourth-order valence-electron chi connectivity index (χ4n) is 3.85. The van der Waals surface area contributed by atoms with Crippen LogP contribution in [-0.4, -0.2) is 5.97 Å². The molecule has 0 unspecified atom stereocenters. The summed E-state index contributed by atoms with van der Waals surface area (Å²) < 4.78 is 5.49. The first-order chi connectivity index (χ1) is 12.2. The fourth-order valence-corrected chi connectivity index (χ4v) is 3.85. The molecule has 2 aromatic rings. The minimum absolute atomic E-state index is 0.124. The first-order valence-corrected chi connectivity index (χ1v) is 9.90. The van der Waals surface area contributed by atoms with Gasteiger partial charge in [0.1, 0.15) is 5.75 Å². The molecule has 3 rings (SSSR count). The third-order valence-corrected chi connectivity index (χ3v) is 5.54. The van der Waals surface area contributed by atoms with Crippen LogP contribution < -0.4 is 4.74 Å². The Kier molecular flexibility index (Phi) is 6.12. The van der Waals surface area contributed by atoms with Crippen LogP contribution in [-0.2, 0) is 4.79 Å². The Bertz CT molecular complexity index is 711. The van der Waals surface area contributed by atoms with Gasteiger partial charge in [-0.1, -0.05) is 63.8 Å². The van der Waals surface area contributed by atoms with E-state index in [1.165, 1.54) is 36.6 Å². The highest BCUT2D eigenvalue weighted by molar-refractivity contribution is 5.85. The van der Waals surface area contributed by atoms with Gasteiger partial charge in [-0.15, -0.1) is 0 Å². The van der Waals surface area contributed by atoms with Crippen LogP contribution in [0.25, 0.3) is 10.8 Å². The van der Waals surface area contributed by atoms with E-state index in [2.05, 4.69) is 38.1 Å². The van der Waals surface area contributed by atoms with Crippen molar-refractivity contribution in [3.63, 3.8) is 0 Å². The van der Waals surface area contributed by atoms with E-state index in [0.717, 1.165) is 30.6 Å². The van der Waals surface area contributed by atoms with Crippen LogP contribution in [0.4, 0.5) is 0 Å². The summed E-state index contributed by atoms with van der Waals surface area (Å²) in [6, 6.07) is 12.8. The molecule has 0 spiro atoms. The number of unbranched alkanes of at least 4 members (excludes halogenated alkanes) is 2. The van der Waals surface area contributed by atoms with E-state index in [1.807, 2.05) is 12.1 Å². The molecule has 2 aromatic carbocycles. The van der Waals surface area contributed by atoms with Gasteiger partial charge < -0.3 is 4.74 Å². The largest absolute Gasteiger partial charge is 0.427 e. The molecule has 1 saturated carbocycles. The van der Waals surface area contributed by atoms with Gasteiger partial charge in [0.05, 0.1) is 0 Å². The predicted octanol–water partition coefficient (Wildman–Crippen LogP) is 6.62. The molecule has 1 fully saturated rings. The molecule has 0 heterocycles. The molecule has 0 radical (unpaired) electrons. The van der Waals surface area contributed by atoms with Gasteiger partial charge in [-0.25, -0.2) is 0 Å². The second-order valence-corrected chi connectivity index (χ2v) is 7.66. The van der Waals surface area contributed by atoms with Crippen molar-refractivity contribution in [2.75, 3.05) is 0 Å². The molecule has 0 aromatic heterocycles. The van der Waals surface area contributed by atoms with Crippen LogP contribution in [0.1, 0.15) is 76.7 Å². The zero-order valence-corrected chi connectivity index (χ0v) is 15.6. The number of fused-ring (bicyclic) bond motifs is 1. The Morgan fingerprint density at radius 2 is 1.72 bits per heavy atom. The average Bonchev–Trinajstić information content (AvgIpc) is 2.62. The maximum Gasteiger partial charge on any atom is 0.311 e. The molecule has 0 aliphatic heterocycles. The SMILES string of the molecule is CCCCCC(=O)Oc1ccc2cc([C@H]3CC[C@H](C)CC3)ccc2c1. The summed E-state index contributed by atoms with van der Waals surface area (Å²) in [5.41, 5.74) is 1.46. The highest BCUT2D eigenvalue weighted by Gasteiger charge is 2.19. The summed E-state index contributed by atoms with van der Waals surface area (Å²) in [6.45, 7) is 4.50. The van der Waals surface area contributed by atoms with Gasteiger partial charge in [-0.3, -0.25) is 4.79 Å². The quantitative estimate of drug-likeness (QED) is 0.336. The monoisotopic (exact) mass is 338 g/mol. The first-order valence-electron chi connectivity index (χ1n) is 9.90. The number of carbonyl (C=O) groups excluding carboxylic acids is 1. The molecule has 1 aliphatic carbocycles. The minimum Gasteiger partial charge on any atom is -0.427 e. The van der Waals surface area contributed by atoms with E-state index >= 15 is 0 Å². The number of ether oxygens (including phenoxy) is 1. The molecule has 134 valence electrons. The predicted molar refractivity (Wildman–Crippen MR) is 104 cm³/mol. The number of rotatable bonds is 6. The number of hydrogen-bond donors (Lipinski definition) is 0. The molecule has 0 atom stereocenters. The summed E-state index contributed by atoms with van der Waals surface area (Å²) in [4.78, 5) is 11.9. The van der Waals surface area contributed by atoms with E-state index in [-0.39, 0.29) is 5.97 Å². The van der Waals surface area contributed by atoms with Gasteiger partial charge in [0.2, 0.25) is 0 Å². The number of benzene rings is 2.